The third-order valence-corrected chi connectivity index (χ3v) is 1.89. The molecule has 14 heavy (non-hydrogen) atoms. The van der Waals surface area contributed by atoms with E-state index in [1.54, 1.807) is 0 Å². The molecule has 0 aromatic carbocycles. The molecule has 0 fully saturated rings. The van der Waals surface area contributed by atoms with E-state index in [1.807, 2.05) is 26.1 Å². The van der Waals surface area contributed by atoms with Crippen LogP contribution in [-0.4, -0.2) is 24.7 Å². The third-order valence-electron chi connectivity index (χ3n) is 1.89. The molecule has 78 valence electrons. The van der Waals surface area contributed by atoms with Gasteiger partial charge in [0.25, 0.3) is 0 Å². The topological polar surface area (TPSA) is 34.1 Å². The number of ether oxygens (including phenoxy) is 1. The fraction of sp³-hybridized carbons (Fsp3) is 0.545. The van der Waals surface area contributed by atoms with Crippen molar-refractivity contribution in [1.29, 1.82) is 0 Å². The molecule has 0 bridgehead atoms. The molecule has 0 aliphatic heterocycles. The molecular formula is C11H18N2O. The van der Waals surface area contributed by atoms with Crippen molar-refractivity contribution in [2.24, 2.45) is 0 Å². The van der Waals surface area contributed by atoms with Gasteiger partial charge in [-0.3, -0.25) is 0 Å². The second-order valence-corrected chi connectivity index (χ2v) is 3.20. The highest BCUT2D eigenvalue weighted by molar-refractivity contribution is 5.34. The Balaban J connectivity index is 2.15. The Labute approximate surface area is 85.5 Å². The van der Waals surface area contributed by atoms with Gasteiger partial charge in [0.05, 0.1) is 0 Å². The highest BCUT2D eigenvalue weighted by atomic mass is 16.5. The van der Waals surface area contributed by atoms with Gasteiger partial charge < -0.3 is 10.1 Å². The lowest BCUT2D eigenvalue weighted by molar-refractivity contribution is 0.147. The summed E-state index contributed by atoms with van der Waals surface area (Å²) in [7, 11) is 0. The lowest BCUT2D eigenvalue weighted by Gasteiger charge is -2.05. The maximum Gasteiger partial charge on any atom is 0.125 e. The standard InChI is InChI=1S/C11H18N2O/c1-3-14-8-4-7-12-11-6-5-10(2)9-13-11/h5-6,9H,3-4,7-8H2,1-2H3,(H,12,13). The highest BCUT2D eigenvalue weighted by Crippen LogP contribution is 2.03. The second kappa shape index (κ2) is 6.38. The molecule has 1 rings (SSSR count). The fourth-order valence-electron chi connectivity index (χ4n) is 1.11. The number of anilines is 1. The van der Waals surface area contributed by atoms with E-state index in [9.17, 15) is 0 Å². The van der Waals surface area contributed by atoms with Crippen molar-refractivity contribution in [3.05, 3.63) is 23.9 Å². The number of hydrogen-bond acceptors (Lipinski definition) is 3. The zero-order chi connectivity index (χ0) is 10.2. The molecule has 1 aromatic heterocycles. The molecule has 0 radical (unpaired) electrons. The van der Waals surface area contributed by atoms with Crippen LogP contribution in [0.25, 0.3) is 0 Å². The summed E-state index contributed by atoms with van der Waals surface area (Å²) in [5, 5.41) is 3.24. The van der Waals surface area contributed by atoms with Crippen LogP contribution in [0.3, 0.4) is 0 Å². The Morgan fingerprint density at radius 2 is 2.29 bits per heavy atom. The third kappa shape index (κ3) is 4.23. The summed E-state index contributed by atoms with van der Waals surface area (Å²) in [6.07, 6.45) is 2.88. The predicted molar refractivity (Wildman–Crippen MR) is 58.6 cm³/mol. The van der Waals surface area contributed by atoms with Gasteiger partial charge in [0.15, 0.2) is 0 Å². The van der Waals surface area contributed by atoms with E-state index in [4.69, 9.17) is 4.74 Å². The van der Waals surface area contributed by atoms with Crippen molar-refractivity contribution in [1.82, 2.24) is 4.98 Å². The smallest absolute Gasteiger partial charge is 0.125 e. The van der Waals surface area contributed by atoms with Crippen molar-refractivity contribution in [2.75, 3.05) is 25.1 Å². The van der Waals surface area contributed by atoms with Crippen molar-refractivity contribution in [2.45, 2.75) is 20.3 Å². The van der Waals surface area contributed by atoms with Gasteiger partial charge in [0.1, 0.15) is 5.82 Å². The van der Waals surface area contributed by atoms with Crippen LogP contribution >= 0.6 is 0 Å². The Kier molecular flexibility index (Phi) is 5.00. The Hall–Kier alpha value is -1.09. The van der Waals surface area contributed by atoms with E-state index >= 15 is 0 Å². The molecule has 1 N–H and O–H groups in total. The van der Waals surface area contributed by atoms with Gasteiger partial charge in [-0.1, -0.05) is 6.07 Å². The number of aryl methyl sites for hydroxylation is 1. The Morgan fingerprint density at radius 1 is 1.43 bits per heavy atom. The summed E-state index contributed by atoms with van der Waals surface area (Å²) in [5.74, 6) is 0.937. The zero-order valence-corrected chi connectivity index (χ0v) is 8.92. The first-order valence-corrected chi connectivity index (χ1v) is 5.07. The largest absolute Gasteiger partial charge is 0.382 e. The van der Waals surface area contributed by atoms with Crippen molar-refractivity contribution < 1.29 is 4.74 Å². The lowest BCUT2D eigenvalue weighted by atomic mass is 10.3. The first-order chi connectivity index (χ1) is 6.83. The Bertz CT molecular complexity index is 246. The minimum Gasteiger partial charge on any atom is -0.382 e. The normalized spacial score (nSPS) is 10.1. The maximum atomic E-state index is 5.23. The van der Waals surface area contributed by atoms with Crippen molar-refractivity contribution in [3.8, 4) is 0 Å². The average molecular weight is 194 g/mol. The number of nitrogens with one attached hydrogen (secondary N) is 1. The van der Waals surface area contributed by atoms with E-state index in [0.29, 0.717) is 0 Å². The summed E-state index contributed by atoms with van der Waals surface area (Å²) in [6.45, 7) is 6.56. The molecule has 0 saturated carbocycles. The van der Waals surface area contributed by atoms with Gasteiger partial charge in [-0.25, -0.2) is 4.98 Å². The first-order valence-electron chi connectivity index (χ1n) is 5.07. The molecule has 1 aromatic rings. The maximum absolute atomic E-state index is 5.23. The van der Waals surface area contributed by atoms with E-state index in [0.717, 1.165) is 32.0 Å². The van der Waals surface area contributed by atoms with Crippen LogP contribution in [0.5, 0.6) is 0 Å². The number of rotatable bonds is 6. The van der Waals surface area contributed by atoms with Crippen molar-refractivity contribution >= 4 is 5.82 Å². The van der Waals surface area contributed by atoms with Crippen LogP contribution in [0.2, 0.25) is 0 Å². The van der Waals surface area contributed by atoms with E-state index in [1.165, 1.54) is 5.56 Å². The van der Waals surface area contributed by atoms with E-state index in [-0.39, 0.29) is 0 Å². The lowest BCUT2D eigenvalue weighted by Crippen LogP contribution is -2.06. The SMILES string of the molecule is CCOCCCNc1ccc(C)cn1. The van der Waals surface area contributed by atoms with Gasteiger partial charge in [-0.15, -0.1) is 0 Å². The summed E-state index contributed by atoms with van der Waals surface area (Å²) in [5.41, 5.74) is 1.19. The highest BCUT2D eigenvalue weighted by Gasteiger charge is 1.92. The molecule has 0 aliphatic rings. The van der Waals surface area contributed by atoms with Gasteiger partial charge in [0, 0.05) is 26.0 Å². The molecular weight excluding hydrogens is 176 g/mol. The van der Waals surface area contributed by atoms with Crippen LogP contribution in [0, 0.1) is 6.92 Å². The van der Waals surface area contributed by atoms with Crippen LogP contribution in [0.1, 0.15) is 18.9 Å². The molecule has 0 atom stereocenters. The predicted octanol–water partition coefficient (Wildman–Crippen LogP) is 2.23. The minimum atomic E-state index is 0.794. The number of nitrogens with zero attached hydrogens (tertiary/aromatic N) is 1. The van der Waals surface area contributed by atoms with Crippen LogP contribution < -0.4 is 5.32 Å². The first kappa shape index (κ1) is 11.0. The van der Waals surface area contributed by atoms with E-state index in [2.05, 4.69) is 16.4 Å². The molecule has 0 amide bonds. The average Bonchev–Trinajstić information content (AvgIpc) is 2.21. The summed E-state index contributed by atoms with van der Waals surface area (Å²) < 4.78 is 5.23. The summed E-state index contributed by atoms with van der Waals surface area (Å²) in [4.78, 5) is 4.24. The van der Waals surface area contributed by atoms with E-state index < -0.39 is 0 Å². The molecule has 3 nitrogen and oxygen atoms in total. The molecule has 1 heterocycles. The monoisotopic (exact) mass is 194 g/mol. The molecule has 0 spiro atoms. The van der Waals surface area contributed by atoms with Crippen LogP contribution in [0.4, 0.5) is 5.82 Å². The number of hydrogen-bond donors (Lipinski definition) is 1. The molecule has 3 heteroatoms. The van der Waals surface area contributed by atoms with Crippen LogP contribution in [-0.2, 0) is 4.74 Å². The second-order valence-electron chi connectivity index (χ2n) is 3.20. The van der Waals surface area contributed by atoms with Crippen molar-refractivity contribution in [3.63, 3.8) is 0 Å². The molecule has 0 aliphatic carbocycles. The van der Waals surface area contributed by atoms with Gasteiger partial charge in [-0.2, -0.15) is 0 Å². The molecule has 0 unspecified atom stereocenters. The Morgan fingerprint density at radius 3 is 2.93 bits per heavy atom. The fourth-order valence-corrected chi connectivity index (χ4v) is 1.11. The van der Waals surface area contributed by atoms with Gasteiger partial charge in [-0.05, 0) is 31.9 Å². The van der Waals surface area contributed by atoms with Gasteiger partial charge >= 0.3 is 0 Å². The minimum absolute atomic E-state index is 0.794. The summed E-state index contributed by atoms with van der Waals surface area (Å²) in [6, 6.07) is 4.05. The molecule has 0 saturated heterocycles. The van der Waals surface area contributed by atoms with Crippen LogP contribution in [0.15, 0.2) is 18.3 Å². The summed E-state index contributed by atoms with van der Waals surface area (Å²) >= 11 is 0. The number of aromatic nitrogens is 1. The quantitative estimate of drug-likeness (QED) is 0.705. The number of pyridine rings is 1. The zero-order valence-electron chi connectivity index (χ0n) is 8.92. The van der Waals surface area contributed by atoms with Gasteiger partial charge in [0.2, 0.25) is 0 Å².